The molecule has 6 N–H and O–H groups in total. The minimum atomic E-state index is -1.48. The van der Waals surface area contributed by atoms with Gasteiger partial charge in [0, 0.05) is 23.1 Å². The Bertz CT molecular complexity index is 795. The number of rotatable bonds is 11. The third kappa shape index (κ3) is 6.01. The summed E-state index contributed by atoms with van der Waals surface area (Å²) in [6.07, 6.45) is 1.99. The molecule has 0 aliphatic heterocycles. The second-order valence-electron chi connectivity index (χ2n) is 7.49. The molecule has 0 saturated heterocycles. The number of primary amides is 2. The van der Waals surface area contributed by atoms with Crippen LogP contribution in [0.15, 0.2) is 22.3 Å². The Morgan fingerprint density at radius 1 is 0.833 bits per heavy atom. The molecule has 9 heteroatoms. The topological polar surface area (TPSA) is 178 Å². The van der Waals surface area contributed by atoms with Gasteiger partial charge in [-0.2, -0.15) is 0 Å². The van der Waals surface area contributed by atoms with Crippen LogP contribution in [0.5, 0.6) is 0 Å². The standard InChI is InChI=1S/C21H30N2O7/c1-3-5-7-11-9-13(18(22)25)17(19(23)26)12(15(24)8-6-4-2)10-14(20(27)28)16(11)21(29)30/h11-12H,3-10H2,1-2H3,(H2,22,25)(H2,23,26)(H,27,28)(H,29,30). The van der Waals surface area contributed by atoms with Crippen molar-refractivity contribution in [3.05, 3.63) is 22.3 Å². The number of Topliss-reactive ketones (excluding diaryl/α,β-unsaturated/α-hetero) is 1. The van der Waals surface area contributed by atoms with Gasteiger partial charge in [-0.05, 0) is 31.6 Å². The van der Waals surface area contributed by atoms with E-state index < -0.39 is 53.4 Å². The van der Waals surface area contributed by atoms with Crippen molar-refractivity contribution in [1.82, 2.24) is 0 Å². The zero-order chi connectivity index (χ0) is 23.0. The lowest BCUT2D eigenvalue weighted by Gasteiger charge is -2.28. The summed E-state index contributed by atoms with van der Waals surface area (Å²) in [7, 11) is 0. The predicted octanol–water partition coefficient (Wildman–Crippen LogP) is 1.70. The fourth-order valence-corrected chi connectivity index (χ4v) is 3.89. The Labute approximate surface area is 175 Å². The van der Waals surface area contributed by atoms with E-state index in [4.69, 9.17) is 11.5 Å². The number of unbranched alkanes of at least 4 members (excludes halogenated alkanes) is 2. The molecule has 0 spiro atoms. The van der Waals surface area contributed by atoms with Gasteiger partial charge in [-0.3, -0.25) is 14.4 Å². The maximum atomic E-state index is 12.8. The van der Waals surface area contributed by atoms with Crippen molar-refractivity contribution in [1.29, 1.82) is 0 Å². The van der Waals surface area contributed by atoms with Crippen LogP contribution in [0.25, 0.3) is 0 Å². The van der Waals surface area contributed by atoms with Gasteiger partial charge in [0.05, 0.1) is 11.5 Å². The third-order valence-corrected chi connectivity index (χ3v) is 5.39. The Kier molecular flexibility index (Phi) is 9.42. The Morgan fingerprint density at radius 2 is 1.43 bits per heavy atom. The maximum absolute atomic E-state index is 12.8. The fourth-order valence-electron chi connectivity index (χ4n) is 3.89. The maximum Gasteiger partial charge on any atom is 0.332 e. The van der Waals surface area contributed by atoms with Crippen LogP contribution in [0, 0.1) is 11.8 Å². The minimum absolute atomic E-state index is 0.0402. The van der Waals surface area contributed by atoms with Gasteiger partial charge in [0.1, 0.15) is 5.78 Å². The molecule has 0 fully saturated rings. The van der Waals surface area contributed by atoms with E-state index in [1.165, 1.54) is 0 Å². The van der Waals surface area contributed by atoms with Crippen molar-refractivity contribution in [2.24, 2.45) is 23.3 Å². The van der Waals surface area contributed by atoms with Crippen LogP contribution >= 0.6 is 0 Å². The molecule has 1 aliphatic rings. The molecule has 0 aromatic rings. The van der Waals surface area contributed by atoms with Gasteiger partial charge in [0.15, 0.2) is 0 Å². The Hall–Kier alpha value is -2.97. The zero-order valence-corrected chi connectivity index (χ0v) is 17.4. The van der Waals surface area contributed by atoms with Gasteiger partial charge >= 0.3 is 11.9 Å². The van der Waals surface area contributed by atoms with Crippen LogP contribution < -0.4 is 11.5 Å². The third-order valence-electron chi connectivity index (χ3n) is 5.39. The lowest BCUT2D eigenvalue weighted by molar-refractivity contribution is -0.137. The van der Waals surface area contributed by atoms with E-state index in [1.54, 1.807) is 0 Å². The molecular weight excluding hydrogens is 392 g/mol. The normalized spacial score (nSPS) is 19.8. The summed E-state index contributed by atoms with van der Waals surface area (Å²) in [5, 5.41) is 19.5. The van der Waals surface area contributed by atoms with Crippen molar-refractivity contribution < 1.29 is 34.2 Å². The quantitative estimate of drug-likeness (QED) is 0.391. The molecule has 166 valence electrons. The molecule has 2 amide bonds. The van der Waals surface area contributed by atoms with Gasteiger partial charge in [-0.1, -0.05) is 33.1 Å². The summed E-state index contributed by atoms with van der Waals surface area (Å²) in [5.41, 5.74) is 9.70. The number of hydrogen-bond donors (Lipinski definition) is 4. The number of ketones is 1. The average molecular weight is 422 g/mol. The molecule has 0 heterocycles. The number of nitrogens with two attached hydrogens (primary N) is 2. The summed E-state index contributed by atoms with van der Waals surface area (Å²) in [4.78, 5) is 61.3. The molecule has 1 rings (SSSR count). The van der Waals surface area contributed by atoms with Crippen molar-refractivity contribution in [2.45, 2.75) is 65.2 Å². The molecule has 0 aromatic heterocycles. The van der Waals surface area contributed by atoms with Crippen molar-refractivity contribution in [3.8, 4) is 0 Å². The highest BCUT2D eigenvalue weighted by atomic mass is 16.4. The number of carbonyl (C=O) groups excluding carboxylic acids is 3. The van der Waals surface area contributed by atoms with Gasteiger partial charge in [-0.15, -0.1) is 0 Å². The summed E-state index contributed by atoms with van der Waals surface area (Å²) < 4.78 is 0. The number of carboxylic acid groups (broad SMARTS) is 2. The first-order valence-corrected chi connectivity index (χ1v) is 10.1. The first-order valence-electron chi connectivity index (χ1n) is 10.1. The van der Waals surface area contributed by atoms with Crippen LogP contribution in [0.2, 0.25) is 0 Å². The van der Waals surface area contributed by atoms with Crippen molar-refractivity contribution in [2.75, 3.05) is 0 Å². The summed E-state index contributed by atoms with van der Waals surface area (Å²) >= 11 is 0. The van der Waals surface area contributed by atoms with E-state index in [2.05, 4.69) is 0 Å². The van der Waals surface area contributed by atoms with E-state index in [1.807, 2.05) is 13.8 Å². The molecule has 0 aromatic carbocycles. The second kappa shape index (κ2) is 11.3. The van der Waals surface area contributed by atoms with E-state index in [0.717, 1.165) is 0 Å². The number of carboxylic acids is 2. The molecule has 2 unspecified atom stereocenters. The summed E-state index contributed by atoms with van der Waals surface area (Å²) in [6.45, 7) is 3.74. The number of aliphatic carboxylic acids is 2. The molecule has 30 heavy (non-hydrogen) atoms. The van der Waals surface area contributed by atoms with Gasteiger partial charge in [0.25, 0.3) is 0 Å². The largest absolute Gasteiger partial charge is 0.478 e. The van der Waals surface area contributed by atoms with Gasteiger partial charge < -0.3 is 21.7 Å². The molecule has 0 radical (unpaired) electrons. The minimum Gasteiger partial charge on any atom is -0.478 e. The summed E-state index contributed by atoms with van der Waals surface area (Å²) in [6, 6.07) is 0. The molecular formula is C21H30N2O7. The Morgan fingerprint density at radius 3 is 1.87 bits per heavy atom. The lowest BCUT2D eigenvalue weighted by Crippen LogP contribution is -2.35. The molecule has 2 atom stereocenters. The lowest BCUT2D eigenvalue weighted by atomic mass is 9.74. The highest BCUT2D eigenvalue weighted by molar-refractivity contribution is 6.09. The monoisotopic (exact) mass is 422 g/mol. The van der Waals surface area contributed by atoms with Crippen LogP contribution in [-0.4, -0.2) is 39.7 Å². The average Bonchev–Trinajstić information content (AvgIpc) is 2.64. The van der Waals surface area contributed by atoms with Crippen LogP contribution in [-0.2, 0) is 24.0 Å². The predicted molar refractivity (Wildman–Crippen MR) is 108 cm³/mol. The zero-order valence-electron chi connectivity index (χ0n) is 17.4. The smallest absolute Gasteiger partial charge is 0.332 e. The van der Waals surface area contributed by atoms with E-state index in [-0.39, 0.29) is 36.0 Å². The fraction of sp³-hybridized carbons (Fsp3) is 0.571. The van der Waals surface area contributed by atoms with Crippen molar-refractivity contribution in [3.63, 3.8) is 0 Å². The van der Waals surface area contributed by atoms with E-state index in [9.17, 15) is 34.2 Å². The van der Waals surface area contributed by atoms with Gasteiger partial charge in [-0.25, -0.2) is 9.59 Å². The highest BCUT2D eigenvalue weighted by Crippen LogP contribution is 2.38. The molecule has 0 bridgehead atoms. The molecule has 9 nitrogen and oxygen atoms in total. The number of carbonyl (C=O) groups is 5. The number of hydrogen-bond acceptors (Lipinski definition) is 5. The first kappa shape index (κ1) is 25.1. The molecule has 0 saturated carbocycles. The van der Waals surface area contributed by atoms with Gasteiger partial charge in [0.2, 0.25) is 11.8 Å². The van der Waals surface area contributed by atoms with Crippen molar-refractivity contribution >= 4 is 29.5 Å². The first-order chi connectivity index (χ1) is 14.1. The Balaban J connectivity index is 3.79. The van der Waals surface area contributed by atoms with E-state index >= 15 is 0 Å². The summed E-state index contributed by atoms with van der Waals surface area (Å²) in [5.74, 6) is -7.56. The second-order valence-corrected chi connectivity index (χ2v) is 7.49. The van der Waals surface area contributed by atoms with E-state index in [0.29, 0.717) is 25.7 Å². The number of amides is 2. The van der Waals surface area contributed by atoms with Crippen LogP contribution in [0.3, 0.4) is 0 Å². The van der Waals surface area contributed by atoms with Crippen LogP contribution in [0.4, 0.5) is 0 Å². The van der Waals surface area contributed by atoms with Crippen LogP contribution in [0.1, 0.15) is 65.2 Å². The SMILES string of the molecule is CCCCC(=O)C1CC(C(=O)O)=C(C(=O)O)C(CCCC)CC(C(N)=O)=C1C(N)=O. The molecule has 1 aliphatic carbocycles. The highest BCUT2D eigenvalue weighted by Gasteiger charge is 2.39.